The summed E-state index contributed by atoms with van der Waals surface area (Å²) in [5.41, 5.74) is 3.64. The second-order valence-corrected chi connectivity index (χ2v) is 9.94. The van der Waals surface area contributed by atoms with Crippen molar-refractivity contribution in [2.75, 3.05) is 19.1 Å². The molecule has 1 amide bonds. The molecule has 2 heterocycles. The minimum Gasteiger partial charge on any atom is -0.507 e. The Kier molecular flexibility index (Phi) is 6.46. The second-order valence-electron chi connectivity index (χ2n) is 8.93. The van der Waals surface area contributed by atoms with Crippen LogP contribution in [0.1, 0.15) is 38.7 Å². The number of rotatable bonds is 5. The number of amides is 1. The number of anilines is 1. The van der Waals surface area contributed by atoms with Crippen LogP contribution in [0.3, 0.4) is 0 Å². The van der Waals surface area contributed by atoms with Gasteiger partial charge in [-0.05, 0) is 73.0 Å². The van der Waals surface area contributed by atoms with Gasteiger partial charge in [-0.3, -0.25) is 14.5 Å². The first-order chi connectivity index (χ1) is 18.2. The Bertz CT molecular complexity index is 1640. The number of carbonyl (C=O) groups is 3. The highest BCUT2D eigenvalue weighted by atomic mass is 32.1. The van der Waals surface area contributed by atoms with Crippen molar-refractivity contribution in [1.82, 2.24) is 4.98 Å². The van der Waals surface area contributed by atoms with E-state index in [0.717, 1.165) is 15.8 Å². The molecule has 1 aliphatic rings. The van der Waals surface area contributed by atoms with E-state index in [4.69, 9.17) is 9.47 Å². The Morgan fingerprint density at radius 2 is 1.68 bits per heavy atom. The van der Waals surface area contributed by atoms with Crippen LogP contribution in [0.15, 0.2) is 66.2 Å². The first-order valence-electron chi connectivity index (χ1n) is 11.7. The number of Topliss-reactive ketones (excluding diaryl/α,β-unsaturated/α-hetero) is 1. The first kappa shape index (κ1) is 25.2. The minimum absolute atomic E-state index is 0.0687. The Morgan fingerprint density at radius 3 is 2.34 bits per heavy atom. The molecule has 1 N–H and O–H groups in total. The van der Waals surface area contributed by atoms with Gasteiger partial charge in [0.2, 0.25) is 0 Å². The SMILES string of the molecule is COC(=O)c1ccc([C@@H]2C(=C(O)c3ccc(OC)c(C)c3)C(=O)C(=O)N2c2nc3ccc(C)cc3s2)cc1. The van der Waals surface area contributed by atoms with Gasteiger partial charge in [0.05, 0.1) is 41.6 Å². The van der Waals surface area contributed by atoms with Gasteiger partial charge in [0, 0.05) is 5.56 Å². The van der Waals surface area contributed by atoms with Crippen LogP contribution in [-0.2, 0) is 14.3 Å². The lowest BCUT2D eigenvalue weighted by Gasteiger charge is -2.23. The lowest BCUT2D eigenvalue weighted by atomic mass is 9.94. The number of esters is 1. The molecule has 1 aliphatic heterocycles. The zero-order valence-electron chi connectivity index (χ0n) is 21.1. The molecule has 5 rings (SSSR count). The number of methoxy groups -OCH3 is 2. The molecule has 0 aliphatic carbocycles. The van der Waals surface area contributed by atoms with Gasteiger partial charge in [-0.15, -0.1) is 0 Å². The fourth-order valence-electron chi connectivity index (χ4n) is 4.57. The van der Waals surface area contributed by atoms with Gasteiger partial charge in [-0.2, -0.15) is 0 Å². The Balaban J connectivity index is 1.71. The smallest absolute Gasteiger partial charge is 0.337 e. The van der Waals surface area contributed by atoms with Crippen LogP contribution >= 0.6 is 11.3 Å². The Labute approximate surface area is 222 Å². The quantitative estimate of drug-likeness (QED) is 0.161. The number of benzene rings is 3. The van der Waals surface area contributed by atoms with Crippen LogP contribution in [0.2, 0.25) is 0 Å². The Hall–Kier alpha value is -4.50. The van der Waals surface area contributed by atoms with E-state index in [1.54, 1.807) is 49.6 Å². The van der Waals surface area contributed by atoms with Crippen molar-refractivity contribution >= 4 is 50.1 Å². The average Bonchev–Trinajstić information content (AvgIpc) is 3.45. The van der Waals surface area contributed by atoms with E-state index >= 15 is 0 Å². The largest absolute Gasteiger partial charge is 0.507 e. The molecule has 0 saturated carbocycles. The third-order valence-electron chi connectivity index (χ3n) is 6.50. The number of fused-ring (bicyclic) bond motifs is 1. The van der Waals surface area contributed by atoms with Crippen LogP contribution in [0, 0.1) is 13.8 Å². The summed E-state index contributed by atoms with van der Waals surface area (Å²) in [7, 11) is 2.84. The standard InChI is InChI=1S/C29H24N2O6S/c1-15-5-11-20-22(13-15)38-29(30-20)31-24(17-6-8-18(9-7-17)28(35)37-4)23(26(33)27(31)34)25(32)19-10-12-21(36-3)16(2)14-19/h5-14,24,32H,1-4H3/t24-/m1/s1. The van der Waals surface area contributed by atoms with Crippen molar-refractivity contribution in [3.8, 4) is 5.75 Å². The van der Waals surface area contributed by atoms with Crippen molar-refractivity contribution in [1.29, 1.82) is 0 Å². The molecule has 0 unspecified atom stereocenters. The number of carbonyl (C=O) groups excluding carboxylic acids is 3. The van der Waals surface area contributed by atoms with Crippen molar-refractivity contribution in [2.24, 2.45) is 0 Å². The number of aromatic nitrogens is 1. The van der Waals surface area contributed by atoms with Crippen molar-refractivity contribution < 1.29 is 29.0 Å². The fourth-order valence-corrected chi connectivity index (χ4v) is 5.66. The number of aliphatic hydroxyl groups excluding tert-OH is 1. The topological polar surface area (TPSA) is 106 Å². The molecule has 192 valence electrons. The zero-order valence-corrected chi connectivity index (χ0v) is 22.0. The van der Waals surface area contributed by atoms with Crippen LogP contribution < -0.4 is 9.64 Å². The first-order valence-corrected chi connectivity index (χ1v) is 12.6. The van der Waals surface area contributed by atoms with Crippen LogP contribution in [0.25, 0.3) is 16.0 Å². The van der Waals surface area contributed by atoms with Gasteiger partial charge >= 0.3 is 11.9 Å². The number of ketones is 1. The predicted molar refractivity (Wildman–Crippen MR) is 145 cm³/mol. The van der Waals surface area contributed by atoms with E-state index in [1.165, 1.54) is 23.3 Å². The van der Waals surface area contributed by atoms with Gasteiger partial charge in [0.15, 0.2) is 5.13 Å². The molecule has 0 spiro atoms. The highest BCUT2D eigenvalue weighted by Gasteiger charge is 2.48. The van der Waals surface area contributed by atoms with Gasteiger partial charge in [0.1, 0.15) is 11.5 Å². The molecule has 1 fully saturated rings. The van der Waals surface area contributed by atoms with Gasteiger partial charge in [-0.1, -0.05) is 29.5 Å². The summed E-state index contributed by atoms with van der Waals surface area (Å²) >= 11 is 1.29. The normalized spacial score (nSPS) is 16.7. The molecular weight excluding hydrogens is 504 g/mol. The van der Waals surface area contributed by atoms with Crippen LogP contribution in [0.4, 0.5) is 5.13 Å². The second kappa shape index (κ2) is 9.75. The molecular formula is C29H24N2O6S. The molecule has 1 saturated heterocycles. The molecule has 4 aromatic rings. The summed E-state index contributed by atoms with van der Waals surface area (Å²) in [6, 6.07) is 16.2. The summed E-state index contributed by atoms with van der Waals surface area (Å²) in [5, 5.41) is 11.7. The number of aliphatic hydroxyl groups is 1. The van der Waals surface area contributed by atoms with E-state index in [9.17, 15) is 19.5 Å². The maximum absolute atomic E-state index is 13.5. The average molecular weight is 529 g/mol. The lowest BCUT2D eigenvalue weighted by Crippen LogP contribution is -2.29. The van der Waals surface area contributed by atoms with E-state index in [-0.39, 0.29) is 11.3 Å². The predicted octanol–water partition coefficient (Wildman–Crippen LogP) is 5.33. The highest BCUT2D eigenvalue weighted by molar-refractivity contribution is 7.22. The van der Waals surface area contributed by atoms with Gasteiger partial charge in [0.25, 0.3) is 5.78 Å². The van der Waals surface area contributed by atoms with Crippen LogP contribution in [0.5, 0.6) is 5.75 Å². The van der Waals surface area contributed by atoms with Crippen molar-refractivity contribution in [3.63, 3.8) is 0 Å². The number of thiazole rings is 1. The molecule has 1 aromatic heterocycles. The minimum atomic E-state index is -0.967. The third-order valence-corrected chi connectivity index (χ3v) is 7.52. The number of hydrogen-bond acceptors (Lipinski definition) is 8. The molecule has 38 heavy (non-hydrogen) atoms. The third kappa shape index (κ3) is 4.20. The number of ether oxygens (including phenoxy) is 2. The monoisotopic (exact) mass is 528 g/mol. The summed E-state index contributed by atoms with van der Waals surface area (Å²) in [5.74, 6) is -1.82. The van der Waals surface area contributed by atoms with Gasteiger partial charge in [-0.25, -0.2) is 9.78 Å². The van der Waals surface area contributed by atoms with Gasteiger partial charge < -0.3 is 14.6 Å². The molecule has 8 nitrogen and oxygen atoms in total. The maximum atomic E-state index is 13.5. The number of nitrogens with zero attached hydrogens (tertiary/aromatic N) is 2. The summed E-state index contributed by atoms with van der Waals surface area (Å²) in [4.78, 5) is 44.9. The highest BCUT2D eigenvalue weighted by Crippen LogP contribution is 2.44. The van der Waals surface area contributed by atoms with Crippen LogP contribution in [-0.4, -0.2) is 42.0 Å². The van der Waals surface area contributed by atoms with E-state index in [1.807, 2.05) is 32.0 Å². The fraction of sp³-hybridized carbons (Fsp3) is 0.172. The summed E-state index contributed by atoms with van der Waals surface area (Å²) < 4.78 is 11.0. The molecule has 1 atom stereocenters. The molecule has 3 aromatic carbocycles. The van der Waals surface area contributed by atoms with E-state index < -0.39 is 23.7 Å². The molecule has 9 heteroatoms. The number of hydrogen-bond donors (Lipinski definition) is 1. The molecule has 0 bridgehead atoms. The zero-order chi connectivity index (χ0) is 27.1. The Morgan fingerprint density at radius 1 is 0.974 bits per heavy atom. The lowest BCUT2D eigenvalue weighted by molar-refractivity contribution is -0.132. The summed E-state index contributed by atoms with van der Waals surface area (Å²) in [6.07, 6.45) is 0. The van der Waals surface area contributed by atoms with E-state index in [0.29, 0.717) is 33.1 Å². The maximum Gasteiger partial charge on any atom is 0.337 e. The van der Waals surface area contributed by atoms with E-state index in [2.05, 4.69) is 4.98 Å². The van der Waals surface area contributed by atoms with Crippen molar-refractivity contribution in [3.05, 3.63) is 94.1 Å². The summed E-state index contributed by atoms with van der Waals surface area (Å²) in [6.45, 7) is 3.78. The number of aryl methyl sites for hydroxylation is 2. The van der Waals surface area contributed by atoms with Crippen molar-refractivity contribution in [2.45, 2.75) is 19.9 Å². The molecule has 0 radical (unpaired) electrons.